The number of amides is 1. The van der Waals surface area contributed by atoms with Gasteiger partial charge in [-0.3, -0.25) is 4.79 Å². The Balaban J connectivity index is 1.58. The molecule has 0 unspecified atom stereocenters. The molecular formula is C16H15N3O2S. The van der Waals surface area contributed by atoms with E-state index >= 15 is 0 Å². The smallest absolute Gasteiger partial charge is 0.273 e. The van der Waals surface area contributed by atoms with Gasteiger partial charge in [0, 0.05) is 30.0 Å². The summed E-state index contributed by atoms with van der Waals surface area (Å²) >= 11 is 1.61. The van der Waals surface area contributed by atoms with E-state index in [1.165, 1.54) is 0 Å². The number of benzene rings is 1. The van der Waals surface area contributed by atoms with Crippen molar-refractivity contribution in [1.29, 1.82) is 0 Å². The summed E-state index contributed by atoms with van der Waals surface area (Å²) in [6.45, 7) is 2.49. The number of nitrogens with zero attached hydrogens (tertiary/aromatic N) is 2. The first kappa shape index (κ1) is 14.5. The summed E-state index contributed by atoms with van der Waals surface area (Å²) < 4.78 is 5.22. The van der Waals surface area contributed by atoms with E-state index in [0.717, 1.165) is 16.3 Å². The van der Waals surface area contributed by atoms with Gasteiger partial charge in [0.2, 0.25) is 0 Å². The zero-order chi connectivity index (χ0) is 15.4. The first-order valence-electron chi connectivity index (χ1n) is 6.94. The van der Waals surface area contributed by atoms with Crippen LogP contribution in [0.1, 0.15) is 21.2 Å². The van der Waals surface area contributed by atoms with E-state index in [2.05, 4.69) is 15.5 Å². The molecule has 0 saturated carbocycles. The molecule has 0 spiro atoms. The fourth-order valence-electron chi connectivity index (χ4n) is 2.04. The minimum absolute atomic E-state index is 0.238. The fourth-order valence-corrected chi connectivity index (χ4v) is 2.69. The summed E-state index contributed by atoms with van der Waals surface area (Å²) in [7, 11) is 0. The molecule has 6 heteroatoms. The lowest BCUT2D eigenvalue weighted by Gasteiger charge is -2.00. The molecule has 0 saturated heterocycles. The number of thiazole rings is 1. The predicted octanol–water partition coefficient (Wildman–Crippen LogP) is 3.08. The molecule has 3 rings (SSSR count). The van der Waals surface area contributed by atoms with Gasteiger partial charge in [0.25, 0.3) is 5.91 Å². The molecule has 0 aliphatic carbocycles. The second-order valence-electron chi connectivity index (χ2n) is 4.81. The van der Waals surface area contributed by atoms with Gasteiger partial charge in [-0.2, -0.15) is 0 Å². The monoisotopic (exact) mass is 313 g/mol. The fraction of sp³-hybridized carbons (Fsp3) is 0.188. The van der Waals surface area contributed by atoms with Gasteiger partial charge in [0.1, 0.15) is 0 Å². The van der Waals surface area contributed by atoms with E-state index in [9.17, 15) is 4.79 Å². The summed E-state index contributed by atoms with van der Waals surface area (Å²) in [4.78, 5) is 16.4. The molecule has 0 aliphatic rings. The quantitative estimate of drug-likeness (QED) is 0.786. The lowest BCUT2D eigenvalue weighted by molar-refractivity contribution is 0.0945. The molecule has 112 valence electrons. The van der Waals surface area contributed by atoms with Crippen LogP contribution in [0.15, 0.2) is 46.3 Å². The summed E-state index contributed by atoms with van der Waals surface area (Å²) in [6.07, 6.45) is 0.708. The molecule has 0 atom stereocenters. The third-order valence-electron chi connectivity index (χ3n) is 3.13. The van der Waals surface area contributed by atoms with E-state index in [4.69, 9.17) is 4.52 Å². The Bertz CT molecular complexity index is 765. The van der Waals surface area contributed by atoms with Crippen LogP contribution in [-0.2, 0) is 6.42 Å². The summed E-state index contributed by atoms with van der Waals surface area (Å²) in [6, 6.07) is 11.2. The van der Waals surface area contributed by atoms with Crippen LogP contribution in [0.25, 0.3) is 11.3 Å². The van der Waals surface area contributed by atoms with Gasteiger partial charge in [-0.15, -0.1) is 11.3 Å². The first-order valence-corrected chi connectivity index (χ1v) is 7.81. The van der Waals surface area contributed by atoms with Crippen LogP contribution in [0.4, 0.5) is 0 Å². The maximum absolute atomic E-state index is 12.0. The third kappa shape index (κ3) is 3.40. The highest BCUT2D eigenvalue weighted by atomic mass is 32.1. The number of hydrogen-bond acceptors (Lipinski definition) is 5. The van der Waals surface area contributed by atoms with Gasteiger partial charge < -0.3 is 9.84 Å². The predicted molar refractivity (Wildman–Crippen MR) is 84.8 cm³/mol. The van der Waals surface area contributed by atoms with E-state index in [1.807, 2.05) is 42.6 Å². The molecule has 22 heavy (non-hydrogen) atoms. The SMILES string of the molecule is Cc1nc(CCNC(=O)c2cc(-c3ccccc3)on2)cs1. The summed E-state index contributed by atoms with van der Waals surface area (Å²) in [5.41, 5.74) is 2.17. The summed E-state index contributed by atoms with van der Waals surface area (Å²) in [5.74, 6) is 0.346. The average Bonchev–Trinajstić information content (AvgIpc) is 3.17. The van der Waals surface area contributed by atoms with Crippen molar-refractivity contribution in [2.75, 3.05) is 6.54 Å². The van der Waals surface area contributed by atoms with Gasteiger partial charge in [0.05, 0.1) is 10.7 Å². The van der Waals surface area contributed by atoms with Crippen molar-refractivity contribution < 1.29 is 9.32 Å². The molecule has 0 fully saturated rings. The van der Waals surface area contributed by atoms with Crippen molar-refractivity contribution >= 4 is 17.2 Å². The van der Waals surface area contributed by atoms with Gasteiger partial charge in [-0.25, -0.2) is 4.98 Å². The molecule has 0 aliphatic heterocycles. The van der Waals surface area contributed by atoms with Crippen LogP contribution in [-0.4, -0.2) is 22.6 Å². The molecule has 5 nitrogen and oxygen atoms in total. The molecule has 1 amide bonds. The van der Waals surface area contributed by atoms with Crippen LogP contribution in [0.5, 0.6) is 0 Å². The molecule has 2 heterocycles. The second-order valence-corrected chi connectivity index (χ2v) is 5.87. The number of carbonyl (C=O) groups is 1. The van der Waals surface area contributed by atoms with Gasteiger partial charge in [-0.1, -0.05) is 35.5 Å². The van der Waals surface area contributed by atoms with Crippen LogP contribution >= 0.6 is 11.3 Å². The Hall–Kier alpha value is -2.47. The number of carbonyl (C=O) groups excluding carboxylic acids is 1. The van der Waals surface area contributed by atoms with Crippen LogP contribution in [0.3, 0.4) is 0 Å². The lowest BCUT2D eigenvalue weighted by Crippen LogP contribution is -2.26. The lowest BCUT2D eigenvalue weighted by atomic mass is 10.1. The van der Waals surface area contributed by atoms with Crippen molar-refractivity contribution in [3.8, 4) is 11.3 Å². The second kappa shape index (κ2) is 6.53. The maximum Gasteiger partial charge on any atom is 0.273 e. The highest BCUT2D eigenvalue weighted by Crippen LogP contribution is 2.19. The van der Waals surface area contributed by atoms with E-state index in [1.54, 1.807) is 17.4 Å². The molecule has 3 aromatic rings. The zero-order valence-electron chi connectivity index (χ0n) is 12.1. The van der Waals surface area contributed by atoms with Crippen molar-refractivity contribution in [2.45, 2.75) is 13.3 Å². The molecular weight excluding hydrogens is 298 g/mol. The highest BCUT2D eigenvalue weighted by Gasteiger charge is 2.13. The van der Waals surface area contributed by atoms with Crippen molar-refractivity contribution in [3.05, 3.63) is 58.2 Å². The Kier molecular flexibility index (Phi) is 4.29. The first-order chi connectivity index (χ1) is 10.7. The Morgan fingerprint density at radius 3 is 2.86 bits per heavy atom. The Labute approximate surface area is 132 Å². The summed E-state index contributed by atoms with van der Waals surface area (Å²) in [5, 5.41) is 9.68. The normalized spacial score (nSPS) is 10.6. The average molecular weight is 313 g/mol. The molecule has 1 aromatic carbocycles. The van der Waals surface area contributed by atoms with Crippen LogP contribution < -0.4 is 5.32 Å². The van der Waals surface area contributed by atoms with Crippen molar-refractivity contribution in [3.63, 3.8) is 0 Å². The zero-order valence-corrected chi connectivity index (χ0v) is 12.9. The number of hydrogen-bond donors (Lipinski definition) is 1. The maximum atomic E-state index is 12.0. The van der Waals surface area contributed by atoms with Crippen molar-refractivity contribution in [1.82, 2.24) is 15.5 Å². The standard InChI is InChI=1S/C16H15N3O2S/c1-11-18-13(10-22-11)7-8-17-16(20)14-9-15(21-19-14)12-5-3-2-4-6-12/h2-6,9-10H,7-8H2,1H3,(H,17,20). The molecule has 0 bridgehead atoms. The Morgan fingerprint density at radius 2 is 2.14 bits per heavy atom. The Morgan fingerprint density at radius 1 is 1.32 bits per heavy atom. The van der Waals surface area contributed by atoms with Gasteiger partial charge in [0.15, 0.2) is 11.5 Å². The van der Waals surface area contributed by atoms with Gasteiger partial charge in [-0.05, 0) is 6.92 Å². The van der Waals surface area contributed by atoms with E-state index in [0.29, 0.717) is 18.7 Å². The number of nitrogens with one attached hydrogen (secondary N) is 1. The number of aryl methyl sites for hydroxylation is 1. The molecule has 1 N–H and O–H groups in total. The molecule has 0 radical (unpaired) electrons. The minimum atomic E-state index is -0.238. The largest absolute Gasteiger partial charge is 0.355 e. The minimum Gasteiger partial charge on any atom is -0.355 e. The van der Waals surface area contributed by atoms with Crippen LogP contribution in [0.2, 0.25) is 0 Å². The van der Waals surface area contributed by atoms with Crippen molar-refractivity contribution in [2.24, 2.45) is 0 Å². The number of rotatable bonds is 5. The van der Waals surface area contributed by atoms with Gasteiger partial charge >= 0.3 is 0 Å². The van der Waals surface area contributed by atoms with E-state index < -0.39 is 0 Å². The third-order valence-corrected chi connectivity index (χ3v) is 3.96. The topological polar surface area (TPSA) is 68.0 Å². The van der Waals surface area contributed by atoms with E-state index in [-0.39, 0.29) is 11.6 Å². The van der Waals surface area contributed by atoms with Crippen LogP contribution in [0, 0.1) is 6.92 Å². The highest BCUT2D eigenvalue weighted by molar-refractivity contribution is 7.09. The number of aromatic nitrogens is 2. The molecule has 2 aromatic heterocycles.